The fourth-order valence-electron chi connectivity index (χ4n) is 1.53. The first kappa shape index (κ1) is 13.2. The molecule has 0 saturated carbocycles. The lowest BCUT2D eigenvalue weighted by atomic mass is 9.98. The molecule has 0 aliphatic rings. The quantitative estimate of drug-likeness (QED) is 0.588. The van der Waals surface area contributed by atoms with E-state index in [9.17, 15) is 9.59 Å². The van der Waals surface area contributed by atoms with Crippen molar-refractivity contribution in [2.45, 2.75) is 6.92 Å². The van der Waals surface area contributed by atoms with Gasteiger partial charge in [0, 0.05) is 19.7 Å². The van der Waals surface area contributed by atoms with Crippen LogP contribution >= 0.6 is 0 Å². The highest BCUT2D eigenvalue weighted by atomic mass is 16.5. The fourth-order valence-corrected chi connectivity index (χ4v) is 1.53. The third-order valence-electron chi connectivity index (χ3n) is 2.56. The molecule has 0 radical (unpaired) electrons. The number of hydrogen-bond donors (Lipinski definition) is 0. The van der Waals surface area contributed by atoms with E-state index >= 15 is 0 Å². The van der Waals surface area contributed by atoms with Gasteiger partial charge in [-0.05, 0) is 19.1 Å². The first-order chi connectivity index (χ1) is 7.97. The van der Waals surface area contributed by atoms with Crippen molar-refractivity contribution in [2.24, 2.45) is 5.92 Å². The average molecular weight is 235 g/mol. The van der Waals surface area contributed by atoms with Crippen LogP contribution in [0.25, 0.3) is 0 Å². The van der Waals surface area contributed by atoms with Crippen LogP contribution in [0.2, 0.25) is 0 Å². The minimum absolute atomic E-state index is 0.192. The van der Waals surface area contributed by atoms with E-state index in [1.54, 1.807) is 45.3 Å². The molecular formula is C13H17NO3. The topological polar surface area (TPSA) is 46.6 Å². The number of carbonyl (C=O) groups is 2. The number of ether oxygens (including phenoxy) is 1. The normalized spacial score (nSPS) is 11.8. The molecule has 0 saturated heterocycles. The molecule has 0 N–H and O–H groups in total. The highest BCUT2D eigenvalue weighted by Crippen LogP contribution is 2.16. The molecule has 1 amide bonds. The smallest absolute Gasteiger partial charge is 0.232 e. The Morgan fingerprint density at radius 2 is 1.94 bits per heavy atom. The summed E-state index contributed by atoms with van der Waals surface area (Å²) in [4.78, 5) is 25.2. The Hall–Kier alpha value is -1.84. The molecule has 1 aromatic rings. The molecule has 1 unspecified atom stereocenters. The van der Waals surface area contributed by atoms with Gasteiger partial charge in [-0.25, -0.2) is 0 Å². The van der Waals surface area contributed by atoms with Crippen molar-refractivity contribution in [3.63, 3.8) is 0 Å². The van der Waals surface area contributed by atoms with E-state index in [-0.39, 0.29) is 11.7 Å². The molecule has 17 heavy (non-hydrogen) atoms. The molecule has 1 atom stereocenters. The van der Waals surface area contributed by atoms with Gasteiger partial charge in [0.25, 0.3) is 0 Å². The van der Waals surface area contributed by atoms with E-state index < -0.39 is 5.92 Å². The number of nitrogens with zero attached hydrogens (tertiary/aromatic N) is 1. The van der Waals surface area contributed by atoms with Crippen LogP contribution in [0.3, 0.4) is 0 Å². The van der Waals surface area contributed by atoms with Crippen LogP contribution in [0.5, 0.6) is 5.75 Å². The minimum Gasteiger partial charge on any atom is -0.497 e. The van der Waals surface area contributed by atoms with Gasteiger partial charge in [-0.3, -0.25) is 9.59 Å². The summed E-state index contributed by atoms with van der Waals surface area (Å²) in [5.74, 6) is -0.446. The average Bonchev–Trinajstić information content (AvgIpc) is 2.36. The third kappa shape index (κ3) is 3.06. The highest BCUT2D eigenvalue weighted by Gasteiger charge is 2.24. The van der Waals surface area contributed by atoms with Gasteiger partial charge in [-0.1, -0.05) is 12.1 Å². The van der Waals surface area contributed by atoms with Gasteiger partial charge in [-0.2, -0.15) is 0 Å². The van der Waals surface area contributed by atoms with Gasteiger partial charge in [0.05, 0.1) is 13.0 Å². The Labute approximate surface area is 101 Å². The van der Waals surface area contributed by atoms with Crippen molar-refractivity contribution in [2.75, 3.05) is 21.2 Å². The van der Waals surface area contributed by atoms with Crippen molar-refractivity contribution in [3.8, 4) is 5.75 Å². The summed E-state index contributed by atoms with van der Waals surface area (Å²) in [5, 5.41) is 0. The van der Waals surface area contributed by atoms with Gasteiger partial charge in [0.1, 0.15) is 5.75 Å². The molecule has 1 rings (SSSR count). The Morgan fingerprint density at radius 3 is 2.47 bits per heavy atom. The number of hydrogen-bond acceptors (Lipinski definition) is 3. The summed E-state index contributed by atoms with van der Waals surface area (Å²) in [7, 11) is 4.81. The lowest BCUT2D eigenvalue weighted by Crippen LogP contribution is -2.32. The molecule has 4 nitrogen and oxygen atoms in total. The zero-order valence-corrected chi connectivity index (χ0v) is 10.6. The largest absolute Gasteiger partial charge is 0.497 e. The van der Waals surface area contributed by atoms with Crippen molar-refractivity contribution in [1.82, 2.24) is 4.90 Å². The van der Waals surface area contributed by atoms with Crippen molar-refractivity contribution in [1.29, 1.82) is 0 Å². The summed E-state index contributed by atoms with van der Waals surface area (Å²) in [6.07, 6.45) is 0. The second-order valence-electron chi connectivity index (χ2n) is 4.05. The number of amides is 1. The predicted octanol–water partition coefficient (Wildman–Crippen LogP) is 1.60. The van der Waals surface area contributed by atoms with Crippen LogP contribution in [0.1, 0.15) is 17.3 Å². The predicted molar refractivity (Wildman–Crippen MR) is 65.2 cm³/mol. The van der Waals surface area contributed by atoms with E-state index in [4.69, 9.17) is 4.74 Å². The minimum atomic E-state index is -0.669. The maximum Gasteiger partial charge on any atom is 0.232 e. The standard InChI is InChI=1S/C13H17NO3/c1-9(13(16)14(2)3)12(15)10-6-5-7-11(8-10)17-4/h5-9H,1-4H3. The Balaban J connectivity index is 2.92. The number of carbonyl (C=O) groups excluding carboxylic acids is 2. The van der Waals surface area contributed by atoms with Crippen LogP contribution < -0.4 is 4.74 Å². The van der Waals surface area contributed by atoms with E-state index in [0.29, 0.717) is 11.3 Å². The summed E-state index contributed by atoms with van der Waals surface area (Å²) in [5.41, 5.74) is 0.493. The van der Waals surface area contributed by atoms with Crippen LogP contribution in [-0.4, -0.2) is 37.8 Å². The number of benzene rings is 1. The first-order valence-corrected chi connectivity index (χ1v) is 5.36. The molecule has 4 heteroatoms. The third-order valence-corrected chi connectivity index (χ3v) is 2.56. The molecule has 0 heterocycles. The summed E-state index contributed by atoms with van der Waals surface area (Å²) in [6, 6.07) is 6.82. The van der Waals surface area contributed by atoms with Crippen LogP contribution in [0, 0.1) is 5.92 Å². The second-order valence-corrected chi connectivity index (χ2v) is 4.05. The zero-order chi connectivity index (χ0) is 13.0. The monoisotopic (exact) mass is 235 g/mol. The highest BCUT2D eigenvalue weighted by molar-refractivity contribution is 6.09. The van der Waals surface area contributed by atoms with Crippen LogP contribution in [-0.2, 0) is 4.79 Å². The zero-order valence-electron chi connectivity index (χ0n) is 10.6. The molecule has 0 aliphatic heterocycles. The van der Waals surface area contributed by atoms with Crippen molar-refractivity contribution >= 4 is 11.7 Å². The molecule has 0 aromatic heterocycles. The number of Topliss-reactive ketones (excluding diaryl/α,β-unsaturated/α-hetero) is 1. The van der Waals surface area contributed by atoms with Crippen molar-refractivity contribution in [3.05, 3.63) is 29.8 Å². The first-order valence-electron chi connectivity index (χ1n) is 5.36. The second kappa shape index (κ2) is 5.48. The lowest BCUT2D eigenvalue weighted by Gasteiger charge is -2.16. The van der Waals surface area contributed by atoms with Gasteiger partial charge in [-0.15, -0.1) is 0 Å². The maximum atomic E-state index is 12.1. The van der Waals surface area contributed by atoms with E-state index in [0.717, 1.165) is 0 Å². The van der Waals surface area contributed by atoms with E-state index in [1.165, 1.54) is 12.0 Å². The Morgan fingerprint density at radius 1 is 1.29 bits per heavy atom. The molecule has 0 spiro atoms. The van der Waals surface area contributed by atoms with E-state index in [2.05, 4.69) is 0 Å². The Bertz CT molecular complexity index is 426. The van der Waals surface area contributed by atoms with Gasteiger partial charge in [0.2, 0.25) is 5.91 Å². The number of ketones is 1. The van der Waals surface area contributed by atoms with Gasteiger partial charge < -0.3 is 9.64 Å². The number of rotatable bonds is 4. The van der Waals surface area contributed by atoms with Crippen molar-refractivity contribution < 1.29 is 14.3 Å². The summed E-state index contributed by atoms with van der Waals surface area (Å²) < 4.78 is 5.05. The summed E-state index contributed by atoms with van der Waals surface area (Å²) >= 11 is 0. The molecule has 0 fully saturated rings. The maximum absolute atomic E-state index is 12.1. The van der Waals surface area contributed by atoms with Crippen LogP contribution in [0.4, 0.5) is 0 Å². The fraction of sp³-hybridized carbons (Fsp3) is 0.385. The Kier molecular flexibility index (Phi) is 4.26. The molecule has 0 aliphatic carbocycles. The molecule has 1 aromatic carbocycles. The van der Waals surface area contributed by atoms with E-state index in [1.807, 2.05) is 0 Å². The SMILES string of the molecule is COc1cccc(C(=O)C(C)C(=O)N(C)C)c1. The number of methoxy groups -OCH3 is 1. The van der Waals surface area contributed by atoms with Gasteiger partial charge >= 0.3 is 0 Å². The van der Waals surface area contributed by atoms with Crippen LogP contribution in [0.15, 0.2) is 24.3 Å². The molecule has 0 bridgehead atoms. The van der Waals surface area contributed by atoms with Gasteiger partial charge in [0.15, 0.2) is 5.78 Å². The molecular weight excluding hydrogens is 218 g/mol. The summed E-state index contributed by atoms with van der Waals surface area (Å²) in [6.45, 7) is 1.62. The molecule has 92 valence electrons. The lowest BCUT2D eigenvalue weighted by molar-refractivity contribution is -0.130.